The molecular formula is C16H27ClN2O3S. The maximum Gasteiger partial charge on any atom is 0.240 e. The molecule has 0 aromatic heterocycles. The van der Waals surface area contributed by atoms with Crippen LogP contribution in [0.3, 0.4) is 0 Å². The van der Waals surface area contributed by atoms with Gasteiger partial charge >= 0.3 is 0 Å². The molecule has 1 aromatic rings. The first-order valence-corrected chi connectivity index (χ1v) is 9.56. The summed E-state index contributed by atoms with van der Waals surface area (Å²) in [6.07, 6.45) is 5.45. The highest BCUT2D eigenvalue weighted by molar-refractivity contribution is 7.89. The summed E-state index contributed by atoms with van der Waals surface area (Å²) in [5.41, 5.74) is 0. The van der Waals surface area contributed by atoms with Crippen molar-refractivity contribution in [2.75, 3.05) is 19.7 Å². The van der Waals surface area contributed by atoms with Crippen molar-refractivity contribution in [2.24, 2.45) is 0 Å². The smallest absolute Gasteiger partial charge is 0.240 e. The van der Waals surface area contributed by atoms with E-state index >= 15 is 0 Å². The number of nitrogens with one attached hydrogen (secondary N) is 2. The second-order valence-electron chi connectivity index (χ2n) is 5.67. The van der Waals surface area contributed by atoms with Crippen LogP contribution in [0.5, 0.6) is 5.75 Å². The molecule has 1 saturated heterocycles. The number of hydrogen-bond acceptors (Lipinski definition) is 4. The van der Waals surface area contributed by atoms with E-state index in [1.54, 1.807) is 24.3 Å². The number of ether oxygens (including phenoxy) is 1. The van der Waals surface area contributed by atoms with Gasteiger partial charge < -0.3 is 10.1 Å². The monoisotopic (exact) mass is 362 g/mol. The average Bonchev–Trinajstić information content (AvgIpc) is 3.04. The van der Waals surface area contributed by atoms with Gasteiger partial charge in [0.15, 0.2) is 0 Å². The van der Waals surface area contributed by atoms with Gasteiger partial charge in [0.25, 0.3) is 0 Å². The van der Waals surface area contributed by atoms with Gasteiger partial charge in [-0.25, -0.2) is 13.1 Å². The molecule has 1 heterocycles. The van der Waals surface area contributed by atoms with Crippen LogP contribution in [0.2, 0.25) is 0 Å². The minimum atomic E-state index is -3.44. The summed E-state index contributed by atoms with van der Waals surface area (Å²) in [5, 5.41) is 3.28. The van der Waals surface area contributed by atoms with Gasteiger partial charge in [-0.1, -0.05) is 19.8 Å². The fourth-order valence-electron chi connectivity index (χ4n) is 2.48. The molecule has 23 heavy (non-hydrogen) atoms. The molecule has 2 rings (SSSR count). The number of hydrogen-bond donors (Lipinski definition) is 2. The predicted molar refractivity (Wildman–Crippen MR) is 94.9 cm³/mol. The van der Waals surface area contributed by atoms with Gasteiger partial charge in [0, 0.05) is 12.6 Å². The summed E-state index contributed by atoms with van der Waals surface area (Å²) < 4.78 is 32.7. The Balaban J connectivity index is 0.00000264. The van der Waals surface area contributed by atoms with Crippen LogP contribution < -0.4 is 14.8 Å². The topological polar surface area (TPSA) is 67.4 Å². The number of halogens is 1. The lowest BCUT2D eigenvalue weighted by Crippen LogP contribution is -2.37. The third-order valence-corrected chi connectivity index (χ3v) is 5.27. The molecule has 1 unspecified atom stereocenters. The predicted octanol–water partition coefficient (Wildman–Crippen LogP) is 2.71. The van der Waals surface area contributed by atoms with Crippen LogP contribution in [0.1, 0.15) is 39.0 Å². The lowest BCUT2D eigenvalue weighted by Gasteiger charge is -2.12. The average molecular weight is 363 g/mol. The molecule has 0 bridgehead atoms. The highest BCUT2D eigenvalue weighted by atomic mass is 35.5. The van der Waals surface area contributed by atoms with E-state index in [1.165, 1.54) is 0 Å². The van der Waals surface area contributed by atoms with Crippen LogP contribution in [0.4, 0.5) is 0 Å². The Hall–Kier alpha value is -0.820. The molecule has 1 fully saturated rings. The first-order valence-electron chi connectivity index (χ1n) is 8.08. The first-order chi connectivity index (χ1) is 10.6. The molecule has 0 amide bonds. The molecule has 1 aliphatic rings. The third-order valence-electron chi connectivity index (χ3n) is 3.83. The maximum atomic E-state index is 12.2. The Morgan fingerprint density at radius 2 is 2.00 bits per heavy atom. The minimum absolute atomic E-state index is 0. The van der Waals surface area contributed by atoms with Crippen LogP contribution in [-0.2, 0) is 10.0 Å². The fourth-order valence-corrected chi connectivity index (χ4v) is 3.56. The Kier molecular flexibility index (Phi) is 8.91. The SMILES string of the molecule is CCCCCOc1ccc(S(=O)(=O)NCC2CCCN2)cc1.Cl. The van der Waals surface area contributed by atoms with Crippen molar-refractivity contribution in [2.45, 2.75) is 50.0 Å². The highest BCUT2D eigenvalue weighted by Gasteiger charge is 2.19. The van der Waals surface area contributed by atoms with E-state index in [1.807, 2.05) is 0 Å². The van der Waals surface area contributed by atoms with E-state index in [-0.39, 0.29) is 23.3 Å². The van der Waals surface area contributed by atoms with Crippen molar-refractivity contribution in [3.05, 3.63) is 24.3 Å². The lowest BCUT2D eigenvalue weighted by molar-refractivity contribution is 0.306. The zero-order valence-corrected chi connectivity index (χ0v) is 15.2. The van der Waals surface area contributed by atoms with Crippen molar-refractivity contribution in [1.82, 2.24) is 10.0 Å². The standard InChI is InChI=1S/C16H26N2O3S.ClH/c1-2-3-4-12-21-15-7-9-16(10-8-15)22(19,20)18-13-14-6-5-11-17-14;/h7-10,14,17-18H,2-6,11-13H2,1H3;1H. The van der Waals surface area contributed by atoms with Crippen molar-refractivity contribution in [3.8, 4) is 5.75 Å². The molecule has 0 spiro atoms. The summed E-state index contributed by atoms with van der Waals surface area (Å²) in [7, 11) is -3.44. The summed E-state index contributed by atoms with van der Waals surface area (Å²) >= 11 is 0. The molecule has 0 saturated carbocycles. The second-order valence-corrected chi connectivity index (χ2v) is 7.44. The Morgan fingerprint density at radius 3 is 2.61 bits per heavy atom. The van der Waals surface area contributed by atoms with E-state index < -0.39 is 10.0 Å². The number of rotatable bonds is 9. The largest absolute Gasteiger partial charge is 0.494 e. The van der Waals surface area contributed by atoms with Gasteiger partial charge in [0.2, 0.25) is 10.0 Å². The van der Waals surface area contributed by atoms with Crippen molar-refractivity contribution in [1.29, 1.82) is 0 Å². The zero-order valence-electron chi connectivity index (χ0n) is 13.6. The summed E-state index contributed by atoms with van der Waals surface area (Å²) in [6, 6.07) is 6.87. The fraction of sp³-hybridized carbons (Fsp3) is 0.625. The van der Waals surface area contributed by atoms with Gasteiger partial charge in [-0.15, -0.1) is 12.4 Å². The third kappa shape index (κ3) is 6.67. The zero-order chi connectivity index (χ0) is 15.8. The van der Waals surface area contributed by atoms with E-state index in [2.05, 4.69) is 17.0 Å². The van der Waals surface area contributed by atoms with E-state index in [4.69, 9.17) is 4.74 Å². The molecular weight excluding hydrogens is 336 g/mol. The first kappa shape index (κ1) is 20.2. The molecule has 5 nitrogen and oxygen atoms in total. The van der Waals surface area contributed by atoms with Gasteiger partial charge in [-0.2, -0.15) is 0 Å². The summed E-state index contributed by atoms with van der Waals surface area (Å²) in [4.78, 5) is 0.284. The quantitative estimate of drug-likeness (QED) is 0.663. The van der Waals surface area contributed by atoms with E-state index in [9.17, 15) is 8.42 Å². The van der Waals surface area contributed by atoms with Gasteiger partial charge in [0.05, 0.1) is 11.5 Å². The molecule has 0 radical (unpaired) electrons. The summed E-state index contributed by atoms with van der Waals surface area (Å²) in [6.45, 7) is 4.23. The molecule has 1 aliphatic heterocycles. The molecule has 7 heteroatoms. The van der Waals surface area contributed by atoms with Crippen LogP contribution in [0, 0.1) is 0 Å². The molecule has 132 valence electrons. The summed E-state index contributed by atoms with van der Waals surface area (Å²) in [5.74, 6) is 0.715. The van der Waals surface area contributed by atoms with Crippen LogP contribution in [0.25, 0.3) is 0 Å². The van der Waals surface area contributed by atoms with Crippen molar-refractivity contribution in [3.63, 3.8) is 0 Å². The van der Waals surface area contributed by atoms with Gasteiger partial charge in [0.1, 0.15) is 5.75 Å². The highest BCUT2D eigenvalue weighted by Crippen LogP contribution is 2.16. The maximum absolute atomic E-state index is 12.2. The number of unbranched alkanes of at least 4 members (excludes halogenated alkanes) is 2. The molecule has 0 aliphatic carbocycles. The van der Waals surface area contributed by atoms with Crippen LogP contribution in [0.15, 0.2) is 29.2 Å². The van der Waals surface area contributed by atoms with Crippen molar-refractivity contribution >= 4 is 22.4 Å². The van der Waals surface area contributed by atoms with Crippen LogP contribution >= 0.6 is 12.4 Å². The molecule has 1 aromatic carbocycles. The normalized spacial score (nSPS) is 17.7. The number of benzene rings is 1. The molecule has 1 atom stereocenters. The lowest BCUT2D eigenvalue weighted by atomic mass is 10.2. The Bertz CT molecular complexity index is 543. The van der Waals surface area contributed by atoms with Gasteiger partial charge in [-0.3, -0.25) is 0 Å². The molecule has 2 N–H and O–H groups in total. The van der Waals surface area contributed by atoms with E-state index in [0.29, 0.717) is 18.9 Å². The Morgan fingerprint density at radius 1 is 1.26 bits per heavy atom. The number of sulfonamides is 1. The van der Waals surface area contributed by atoms with Gasteiger partial charge in [-0.05, 0) is 50.1 Å². The van der Waals surface area contributed by atoms with Crippen LogP contribution in [-0.4, -0.2) is 34.2 Å². The minimum Gasteiger partial charge on any atom is -0.494 e. The van der Waals surface area contributed by atoms with Crippen molar-refractivity contribution < 1.29 is 13.2 Å². The van der Waals surface area contributed by atoms with E-state index in [0.717, 1.165) is 38.6 Å². The Labute approximate surface area is 145 Å². The second kappa shape index (κ2) is 10.1.